The summed E-state index contributed by atoms with van der Waals surface area (Å²) in [5.41, 5.74) is 8.71. The Kier molecular flexibility index (Phi) is 6.99. The number of hydrogen-bond donors (Lipinski definition) is 1. The van der Waals surface area contributed by atoms with Gasteiger partial charge in [0, 0.05) is 57.7 Å². The first kappa shape index (κ1) is 22.5. The Hall–Kier alpha value is -3.72. The van der Waals surface area contributed by atoms with Gasteiger partial charge in [-0.2, -0.15) is 0 Å². The third-order valence-corrected chi connectivity index (χ3v) is 6.07. The molecule has 0 aliphatic heterocycles. The number of nitrogens with zero attached hydrogens (tertiary/aromatic N) is 2. The summed E-state index contributed by atoms with van der Waals surface area (Å²) in [4.78, 5) is 4.27. The molecular weight excluding hydrogens is 402 g/mol. The minimum absolute atomic E-state index is 0.181. The normalized spacial score (nSPS) is 10.8. The summed E-state index contributed by atoms with van der Waals surface area (Å²) >= 11 is 0. The van der Waals surface area contributed by atoms with E-state index >= 15 is 0 Å². The van der Waals surface area contributed by atoms with Crippen molar-refractivity contribution >= 4 is 17.1 Å². The average Bonchev–Trinajstić information content (AvgIpc) is 2.85. The van der Waals surface area contributed by atoms with Gasteiger partial charge in [-0.1, -0.05) is 66.7 Å². The van der Waals surface area contributed by atoms with Gasteiger partial charge in [-0.15, -0.1) is 0 Å². The van der Waals surface area contributed by atoms with Crippen LogP contribution >= 0.6 is 0 Å². The molecule has 1 N–H and O–H groups in total. The lowest BCUT2D eigenvalue weighted by Gasteiger charge is -2.22. The molecule has 0 bridgehead atoms. The van der Waals surface area contributed by atoms with Gasteiger partial charge < -0.3 is 15.1 Å². The smallest absolute Gasteiger partial charge is 0.0400 e. The molecule has 0 saturated carbocycles. The van der Waals surface area contributed by atoms with E-state index in [-0.39, 0.29) is 5.92 Å². The zero-order valence-corrected chi connectivity index (χ0v) is 20.0. The molecule has 0 unspecified atom stereocenters. The standard InChI is InChI=1S/C30H33N3/c1-32(2)28-18-12-25(13-19-28)30(26-14-20-29(21-15-26)33(3)4)24-10-16-27(17-11-24)31-22-23-8-6-5-7-9-23/h5-21,30-31H,22H2,1-4H3. The largest absolute Gasteiger partial charge is 0.381 e. The molecular formula is C30H33N3. The Balaban J connectivity index is 1.62. The van der Waals surface area contributed by atoms with Crippen molar-refractivity contribution in [2.45, 2.75) is 12.5 Å². The molecule has 4 aromatic carbocycles. The van der Waals surface area contributed by atoms with Gasteiger partial charge in [0.15, 0.2) is 0 Å². The van der Waals surface area contributed by atoms with Crippen LogP contribution in [0.3, 0.4) is 0 Å². The highest BCUT2D eigenvalue weighted by Crippen LogP contribution is 2.34. The van der Waals surface area contributed by atoms with E-state index < -0.39 is 0 Å². The van der Waals surface area contributed by atoms with Crippen molar-refractivity contribution in [1.82, 2.24) is 0 Å². The Bertz CT molecular complexity index is 1080. The lowest BCUT2D eigenvalue weighted by atomic mass is 9.85. The molecule has 3 heteroatoms. The number of nitrogens with one attached hydrogen (secondary N) is 1. The highest BCUT2D eigenvalue weighted by molar-refractivity contribution is 5.55. The second-order valence-corrected chi connectivity index (χ2v) is 8.87. The molecule has 168 valence electrons. The molecule has 0 aliphatic carbocycles. The Morgan fingerprint density at radius 3 is 1.39 bits per heavy atom. The monoisotopic (exact) mass is 435 g/mol. The molecule has 3 nitrogen and oxygen atoms in total. The van der Waals surface area contributed by atoms with Gasteiger partial charge in [-0.3, -0.25) is 0 Å². The highest BCUT2D eigenvalue weighted by Gasteiger charge is 2.17. The third kappa shape index (κ3) is 5.56. The lowest BCUT2D eigenvalue weighted by molar-refractivity contribution is 0.972. The lowest BCUT2D eigenvalue weighted by Crippen LogP contribution is -2.10. The van der Waals surface area contributed by atoms with Crippen molar-refractivity contribution in [1.29, 1.82) is 0 Å². The van der Waals surface area contributed by atoms with Gasteiger partial charge in [-0.25, -0.2) is 0 Å². The molecule has 0 amide bonds. The van der Waals surface area contributed by atoms with Gasteiger partial charge in [0.05, 0.1) is 0 Å². The van der Waals surface area contributed by atoms with E-state index in [2.05, 4.69) is 146 Å². The van der Waals surface area contributed by atoms with Crippen molar-refractivity contribution < 1.29 is 0 Å². The molecule has 0 saturated heterocycles. The van der Waals surface area contributed by atoms with E-state index in [1.165, 1.54) is 33.6 Å². The zero-order valence-electron chi connectivity index (χ0n) is 20.0. The fourth-order valence-corrected chi connectivity index (χ4v) is 4.10. The Morgan fingerprint density at radius 1 is 0.545 bits per heavy atom. The summed E-state index contributed by atoms with van der Waals surface area (Å²) < 4.78 is 0. The quantitative estimate of drug-likeness (QED) is 0.314. The van der Waals surface area contributed by atoms with Gasteiger partial charge >= 0.3 is 0 Å². The molecule has 0 fully saturated rings. The summed E-state index contributed by atoms with van der Waals surface area (Å²) in [6.45, 7) is 0.821. The van der Waals surface area contributed by atoms with Crippen LogP contribution in [0.5, 0.6) is 0 Å². The van der Waals surface area contributed by atoms with Crippen LogP contribution in [-0.2, 0) is 6.54 Å². The first-order valence-corrected chi connectivity index (χ1v) is 11.4. The van der Waals surface area contributed by atoms with Gasteiger partial charge in [0.1, 0.15) is 0 Å². The van der Waals surface area contributed by atoms with E-state index in [4.69, 9.17) is 0 Å². The molecule has 0 heterocycles. The van der Waals surface area contributed by atoms with Crippen LogP contribution in [0.1, 0.15) is 28.2 Å². The zero-order chi connectivity index (χ0) is 23.2. The van der Waals surface area contributed by atoms with Crippen molar-refractivity contribution in [2.75, 3.05) is 43.3 Å². The molecule has 4 rings (SSSR count). The van der Waals surface area contributed by atoms with Gasteiger partial charge in [-0.05, 0) is 58.7 Å². The molecule has 33 heavy (non-hydrogen) atoms. The molecule has 4 aromatic rings. The maximum Gasteiger partial charge on any atom is 0.0400 e. The summed E-state index contributed by atoms with van der Waals surface area (Å²) in [7, 11) is 8.31. The molecule has 0 atom stereocenters. The minimum atomic E-state index is 0.181. The van der Waals surface area contributed by atoms with E-state index in [1.807, 2.05) is 0 Å². The minimum Gasteiger partial charge on any atom is -0.381 e. The van der Waals surface area contributed by atoms with E-state index in [0.717, 1.165) is 12.2 Å². The maximum atomic E-state index is 3.54. The SMILES string of the molecule is CN(C)c1ccc(C(c2ccc(NCc3ccccc3)cc2)c2ccc(N(C)C)cc2)cc1. The van der Waals surface area contributed by atoms with Crippen molar-refractivity contribution in [3.63, 3.8) is 0 Å². The topological polar surface area (TPSA) is 18.5 Å². The summed E-state index contributed by atoms with van der Waals surface area (Å²) in [5, 5.41) is 3.54. The van der Waals surface area contributed by atoms with E-state index in [0.29, 0.717) is 0 Å². The van der Waals surface area contributed by atoms with Crippen LogP contribution in [0.15, 0.2) is 103 Å². The second kappa shape index (κ2) is 10.3. The fraction of sp³-hybridized carbons (Fsp3) is 0.200. The number of hydrogen-bond acceptors (Lipinski definition) is 3. The van der Waals surface area contributed by atoms with Crippen LogP contribution in [0, 0.1) is 0 Å². The van der Waals surface area contributed by atoms with Gasteiger partial charge in [0.2, 0.25) is 0 Å². The molecule has 0 aromatic heterocycles. The predicted molar refractivity (Wildman–Crippen MR) is 143 cm³/mol. The van der Waals surface area contributed by atoms with Crippen molar-refractivity contribution in [3.8, 4) is 0 Å². The van der Waals surface area contributed by atoms with Crippen molar-refractivity contribution in [2.24, 2.45) is 0 Å². The molecule has 0 radical (unpaired) electrons. The number of rotatable bonds is 8. The van der Waals surface area contributed by atoms with Crippen LogP contribution < -0.4 is 15.1 Å². The Labute approximate surface area is 198 Å². The third-order valence-electron chi connectivity index (χ3n) is 6.07. The first-order chi connectivity index (χ1) is 16.0. The highest BCUT2D eigenvalue weighted by atomic mass is 15.1. The van der Waals surface area contributed by atoms with Crippen LogP contribution in [-0.4, -0.2) is 28.2 Å². The molecule has 0 spiro atoms. The fourth-order valence-electron chi connectivity index (χ4n) is 4.10. The second-order valence-electron chi connectivity index (χ2n) is 8.87. The summed E-state index contributed by atoms with van der Waals surface area (Å²) in [6.07, 6.45) is 0. The van der Waals surface area contributed by atoms with Crippen LogP contribution in [0.2, 0.25) is 0 Å². The van der Waals surface area contributed by atoms with Crippen LogP contribution in [0.25, 0.3) is 0 Å². The average molecular weight is 436 g/mol. The van der Waals surface area contributed by atoms with E-state index in [1.54, 1.807) is 0 Å². The summed E-state index contributed by atoms with van der Waals surface area (Å²) in [5.74, 6) is 0.181. The van der Waals surface area contributed by atoms with E-state index in [9.17, 15) is 0 Å². The predicted octanol–water partition coefficient (Wildman–Crippen LogP) is 6.61. The van der Waals surface area contributed by atoms with Crippen molar-refractivity contribution in [3.05, 3.63) is 125 Å². The number of anilines is 3. The van der Waals surface area contributed by atoms with Crippen LogP contribution in [0.4, 0.5) is 17.1 Å². The summed E-state index contributed by atoms with van der Waals surface area (Å²) in [6, 6.07) is 37.2. The van der Waals surface area contributed by atoms with Gasteiger partial charge in [0.25, 0.3) is 0 Å². The first-order valence-electron chi connectivity index (χ1n) is 11.4. The number of benzene rings is 4. The Morgan fingerprint density at radius 2 is 0.970 bits per heavy atom. The molecule has 0 aliphatic rings. The maximum absolute atomic E-state index is 3.54.